The zero-order valence-corrected chi connectivity index (χ0v) is 14.9. The first-order chi connectivity index (χ1) is 10.7. The minimum absolute atomic E-state index is 1.11. The highest BCUT2D eigenvalue weighted by molar-refractivity contribution is 9.10. The van der Waals surface area contributed by atoms with E-state index in [2.05, 4.69) is 105 Å². The van der Waals surface area contributed by atoms with Crippen molar-refractivity contribution >= 4 is 53.4 Å². The van der Waals surface area contributed by atoms with Crippen LogP contribution in [0.2, 0.25) is 0 Å². The van der Waals surface area contributed by atoms with Crippen LogP contribution in [0.25, 0.3) is 32.7 Å². The molecule has 0 nitrogen and oxygen atoms in total. The molecule has 0 aromatic heterocycles. The standard InChI is InChI=1S/C20H12Br2/c21-17-6-3-13(4-7-17)14-5-9-19-15(11-14)1-2-16-12-18(22)8-10-20(16)19/h1-12H. The number of benzene rings is 4. The van der Waals surface area contributed by atoms with Crippen molar-refractivity contribution in [3.63, 3.8) is 0 Å². The monoisotopic (exact) mass is 410 g/mol. The van der Waals surface area contributed by atoms with Crippen LogP contribution in [0, 0.1) is 0 Å². The van der Waals surface area contributed by atoms with E-state index in [0.29, 0.717) is 0 Å². The number of hydrogen-bond donors (Lipinski definition) is 0. The van der Waals surface area contributed by atoms with Gasteiger partial charge in [-0.1, -0.05) is 74.3 Å². The van der Waals surface area contributed by atoms with E-state index in [-0.39, 0.29) is 0 Å². The van der Waals surface area contributed by atoms with Gasteiger partial charge >= 0.3 is 0 Å². The Morgan fingerprint density at radius 3 is 1.73 bits per heavy atom. The summed E-state index contributed by atoms with van der Waals surface area (Å²) in [5.74, 6) is 0. The highest BCUT2D eigenvalue weighted by Crippen LogP contribution is 2.31. The number of rotatable bonds is 1. The minimum atomic E-state index is 1.11. The van der Waals surface area contributed by atoms with Crippen LogP contribution in [0.5, 0.6) is 0 Å². The van der Waals surface area contributed by atoms with Gasteiger partial charge in [0.25, 0.3) is 0 Å². The molecular formula is C20H12Br2. The predicted molar refractivity (Wildman–Crippen MR) is 102 cm³/mol. The minimum Gasteiger partial charge on any atom is -0.0537 e. The Kier molecular flexibility index (Phi) is 3.51. The van der Waals surface area contributed by atoms with Crippen LogP contribution in [0.15, 0.2) is 81.7 Å². The topological polar surface area (TPSA) is 0 Å². The summed E-state index contributed by atoms with van der Waals surface area (Å²) < 4.78 is 2.22. The van der Waals surface area contributed by atoms with Crippen LogP contribution in [0.3, 0.4) is 0 Å². The largest absolute Gasteiger partial charge is 0.0537 e. The lowest BCUT2D eigenvalue weighted by Crippen LogP contribution is -1.81. The van der Waals surface area contributed by atoms with Gasteiger partial charge in [-0.3, -0.25) is 0 Å². The molecule has 0 atom stereocenters. The van der Waals surface area contributed by atoms with Gasteiger partial charge in [0.05, 0.1) is 0 Å². The van der Waals surface area contributed by atoms with Gasteiger partial charge in [0, 0.05) is 8.95 Å². The zero-order chi connectivity index (χ0) is 15.1. The molecule has 22 heavy (non-hydrogen) atoms. The molecule has 2 heteroatoms. The summed E-state index contributed by atoms with van der Waals surface area (Å²) in [6.07, 6.45) is 0. The van der Waals surface area contributed by atoms with Gasteiger partial charge in [-0.25, -0.2) is 0 Å². The second-order valence-electron chi connectivity index (χ2n) is 5.37. The second kappa shape index (κ2) is 5.53. The van der Waals surface area contributed by atoms with E-state index in [4.69, 9.17) is 0 Å². The average Bonchev–Trinajstić information content (AvgIpc) is 2.54. The molecule has 0 bridgehead atoms. The summed E-state index contributed by atoms with van der Waals surface area (Å²) in [4.78, 5) is 0. The van der Waals surface area contributed by atoms with Crippen LogP contribution in [-0.2, 0) is 0 Å². The first-order valence-electron chi connectivity index (χ1n) is 7.09. The van der Waals surface area contributed by atoms with E-state index in [9.17, 15) is 0 Å². The fourth-order valence-electron chi connectivity index (χ4n) is 2.86. The van der Waals surface area contributed by atoms with Crippen molar-refractivity contribution in [2.75, 3.05) is 0 Å². The maximum atomic E-state index is 3.54. The lowest BCUT2D eigenvalue weighted by atomic mass is 9.97. The van der Waals surface area contributed by atoms with E-state index in [1.165, 1.54) is 32.7 Å². The SMILES string of the molecule is Brc1ccc(-c2ccc3c(ccc4cc(Br)ccc43)c2)cc1. The summed E-state index contributed by atoms with van der Waals surface area (Å²) >= 11 is 7.03. The highest BCUT2D eigenvalue weighted by atomic mass is 79.9. The van der Waals surface area contributed by atoms with E-state index >= 15 is 0 Å². The van der Waals surface area contributed by atoms with Crippen molar-refractivity contribution in [2.24, 2.45) is 0 Å². The van der Waals surface area contributed by atoms with E-state index < -0.39 is 0 Å². The summed E-state index contributed by atoms with van der Waals surface area (Å²) in [7, 11) is 0. The van der Waals surface area contributed by atoms with Crippen LogP contribution >= 0.6 is 31.9 Å². The predicted octanol–water partition coefficient (Wildman–Crippen LogP) is 7.19. The Labute approximate surface area is 146 Å². The van der Waals surface area contributed by atoms with Crippen molar-refractivity contribution in [1.82, 2.24) is 0 Å². The van der Waals surface area contributed by atoms with E-state index in [0.717, 1.165) is 8.95 Å². The summed E-state index contributed by atoms with van der Waals surface area (Å²) in [6, 6.07) is 26.0. The van der Waals surface area contributed by atoms with E-state index in [1.54, 1.807) is 0 Å². The molecule has 106 valence electrons. The molecule has 4 rings (SSSR count). The number of halogens is 2. The fraction of sp³-hybridized carbons (Fsp3) is 0. The molecule has 0 spiro atoms. The van der Waals surface area contributed by atoms with Crippen LogP contribution in [-0.4, -0.2) is 0 Å². The number of fused-ring (bicyclic) bond motifs is 3. The lowest BCUT2D eigenvalue weighted by molar-refractivity contribution is 1.61. The first kappa shape index (κ1) is 14.0. The molecule has 0 aliphatic rings. The van der Waals surface area contributed by atoms with Gasteiger partial charge in [0.1, 0.15) is 0 Å². The maximum absolute atomic E-state index is 3.54. The molecule has 0 amide bonds. The Morgan fingerprint density at radius 1 is 0.455 bits per heavy atom. The third-order valence-corrected chi connectivity index (χ3v) is 5.00. The molecule has 4 aromatic carbocycles. The molecule has 0 saturated carbocycles. The van der Waals surface area contributed by atoms with Crippen LogP contribution < -0.4 is 0 Å². The van der Waals surface area contributed by atoms with Crippen molar-refractivity contribution in [3.8, 4) is 11.1 Å². The smallest absolute Gasteiger partial charge is 0.0181 e. The van der Waals surface area contributed by atoms with Crippen LogP contribution in [0.1, 0.15) is 0 Å². The van der Waals surface area contributed by atoms with Gasteiger partial charge in [0.2, 0.25) is 0 Å². The maximum Gasteiger partial charge on any atom is 0.0181 e. The molecule has 0 aliphatic carbocycles. The van der Waals surface area contributed by atoms with Gasteiger partial charge in [-0.05, 0) is 63.0 Å². The molecule has 4 aromatic rings. The summed E-state index contributed by atoms with van der Waals surface area (Å²) in [6.45, 7) is 0. The second-order valence-corrected chi connectivity index (χ2v) is 7.21. The van der Waals surface area contributed by atoms with Crippen molar-refractivity contribution < 1.29 is 0 Å². The molecule has 0 unspecified atom stereocenters. The molecule has 0 radical (unpaired) electrons. The normalized spacial score (nSPS) is 11.2. The van der Waals surface area contributed by atoms with Crippen molar-refractivity contribution in [2.45, 2.75) is 0 Å². The molecule has 0 N–H and O–H groups in total. The fourth-order valence-corrected chi connectivity index (χ4v) is 3.51. The third kappa shape index (κ3) is 2.47. The number of hydrogen-bond acceptors (Lipinski definition) is 0. The quantitative estimate of drug-likeness (QED) is 0.291. The average molecular weight is 412 g/mol. The Morgan fingerprint density at radius 2 is 1.00 bits per heavy atom. The lowest BCUT2D eigenvalue weighted by Gasteiger charge is -2.08. The molecule has 0 fully saturated rings. The first-order valence-corrected chi connectivity index (χ1v) is 8.67. The Hall–Kier alpha value is -1.64. The summed E-state index contributed by atoms with van der Waals surface area (Å²) in [5, 5.41) is 5.13. The van der Waals surface area contributed by atoms with Gasteiger partial charge in [-0.2, -0.15) is 0 Å². The Bertz CT molecular complexity index is 986. The zero-order valence-electron chi connectivity index (χ0n) is 11.7. The summed E-state index contributed by atoms with van der Waals surface area (Å²) in [5.41, 5.74) is 2.48. The van der Waals surface area contributed by atoms with E-state index in [1.807, 2.05) is 0 Å². The highest BCUT2D eigenvalue weighted by Gasteiger charge is 2.04. The van der Waals surface area contributed by atoms with Crippen LogP contribution in [0.4, 0.5) is 0 Å². The molecule has 0 saturated heterocycles. The van der Waals surface area contributed by atoms with Crippen molar-refractivity contribution in [3.05, 3.63) is 81.7 Å². The molecular weight excluding hydrogens is 400 g/mol. The Balaban J connectivity index is 1.93. The van der Waals surface area contributed by atoms with Crippen molar-refractivity contribution in [1.29, 1.82) is 0 Å². The third-order valence-electron chi connectivity index (χ3n) is 3.98. The van der Waals surface area contributed by atoms with Gasteiger partial charge in [0.15, 0.2) is 0 Å². The van der Waals surface area contributed by atoms with Gasteiger partial charge < -0.3 is 0 Å². The molecule has 0 heterocycles. The molecule has 0 aliphatic heterocycles. The van der Waals surface area contributed by atoms with Gasteiger partial charge in [-0.15, -0.1) is 0 Å².